The molecule has 0 aliphatic heterocycles. The number of hydrogen-bond acceptors (Lipinski definition) is 3. The minimum Gasteiger partial charge on any atom is -0.497 e. The molecule has 0 saturated carbocycles. The van der Waals surface area contributed by atoms with Crippen molar-refractivity contribution in [3.05, 3.63) is 56.1 Å². The van der Waals surface area contributed by atoms with Crippen molar-refractivity contribution in [1.29, 1.82) is 0 Å². The highest BCUT2D eigenvalue weighted by atomic mass is 127. The highest BCUT2D eigenvalue weighted by Crippen LogP contribution is 2.22. The van der Waals surface area contributed by atoms with Gasteiger partial charge in [0, 0.05) is 13.6 Å². The second-order valence-corrected chi connectivity index (χ2v) is 6.75. The van der Waals surface area contributed by atoms with Gasteiger partial charge in [-0.05, 0) is 71.2 Å². The topological polar surface area (TPSA) is 50.4 Å². The molecule has 2 aromatic rings. The number of anilines is 1. The molecule has 114 valence electrons. The van der Waals surface area contributed by atoms with Crippen molar-refractivity contribution < 1.29 is 9.53 Å². The van der Waals surface area contributed by atoms with E-state index >= 15 is 0 Å². The van der Waals surface area contributed by atoms with Crippen molar-refractivity contribution in [2.24, 2.45) is 0 Å². The first kappa shape index (κ1) is 17.2. The number of thiocarbonyl (C=S) groups is 1. The van der Waals surface area contributed by atoms with E-state index in [1.807, 2.05) is 18.2 Å². The van der Waals surface area contributed by atoms with Gasteiger partial charge in [0.15, 0.2) is 5.11 Å². The van der Waals surface area contributed by atoms with Crippen molar-refractivity contribution in [2.75, 3.05) is 12.4 Å². The molecule has 1 amide bonds. The predicted molar refractivity (Wildman–Crippen MR) is 104 cm³/mol. The molecule has 0 aromatic heterocycles. The highest BCUT2D eigenvalue weighted by molar-refractivity contribution is 14.1. The summed E-state index contributed by atoms with van der Waals surface area (Å²) in [7, 11) is 1.55. The van der Waals surface area contributed by atoms with Gasteiger partial charge in [-0.15, -0.1) is 0 Å². The summed E-state index contributed by atoms with van der Waals surface area (Å²) in [5.74, 6) is 0.331. The van der Waals surface area contributed by atoms with E-state index in [1.54, 1.807) is 31.4 Å². The van der Waals surface area contributed by atoms with E-state index in [2.05, 4.69) is 49.2 Å². The molecule has 0 unspecified atom stereocenters. The molecule has 0 atom stereocenters. The molecule has 0 radical (unpaired) electrons. The van der Waals surface area contributed by atoms with Gasteiger partial charge in [-0.3, -0.25) is 10.1 Å². The lowest BCUT2D eigenvalue weighted by Gasteiger charge is -2.11. The van der Waals surface area contributed by atoms with E-state index in [0.29, 0.717) is 11.3 Å². The summed E-state index contributed by atoms with van der Waals surface area (Å²) in [6, 6.07) is 12.6. The summed E-state index contributed by atoms with van der Waals surface area (Å²) >= 11 is 10.8. The minimum atomic E-state index is -0.288. The molecular weight excluding hydrogens is 479 g/mol. The third kappa shape index (κ3) is 4.65. The van der Waals surface area contributed by atoms with Crippen LogP contribution in [-0.4, -0.2) is 18.1 Å². The largest absolute Gasteiger partial charge is 0.497 e. The third-order valence-corrected chi connectivity index (χ3v) is 4.33. The summed E-state index contributed by atoms with van der Waals surface area (Å²) < 4.78 is 7.07. The van der Waals surface area contributed by atoms with Gasteiger partial charge in [0.05, 0.1) is 12.8 Å². The molecule has 2 N–H and O–H groups in total. The lowest BCUT2D eigenvalue weighted by molar-refractivity contribution is 0.0977. The number of ether oxygens (including phenoxy) is 1. The quantitative estimate of drug-likeness (QED) is 0.500. The van der Waals surface area contributed by atoms with Crippen LogP contribution in [0.5, 0.6) is 5.75 Å². The summed E-state index contributed by atoms with van der Waals surface area (Å²) in [6.07, 6.45) is 0. The van der Waals surface area contributed by atoms with Crippen LogP contribution >= 0.6 is 50.7 Å². The van der Waals surface area contributed by atoms with Gasteiger partial charge in [-0.2, -0.15) is 0 Å². The molecule has 0 heterocycles. The summed E-state index contributed by atoms with van der Waals surface area (Å²) in [4.78, 5) is 12.1. The number of carbonyl (C=O) groups is 1. The van der Waals surface area contributed by atoms with Crippen LogP contribution in [-0.2, 0) is 0 Å². The van der Waals surface area contributed by atoms with Gasteiger partial charge in [0.1, 0.15) is 5.75 Å². The maximum Gasteiger partial charge on any atom is 0.257 e. The highest BCUT2D eigenvalue weighted by Gasteiger charge is 2.10. The zero-order valence-electron chi connectivity index (χ0n) is 11.5. The SMILES string of the molecule is COc1cccc(C(=O)NC(=S)Nc2ccc(Br)cc2I)c1. The fourth-order valence-electron chi connectivity index (χ4n) is 1.68. The number of rotatable bonds is 3. The Labute approximate surface area is 155 Å². The first-order chi connectivity index (χ1) is 10.5. The lowest BCUT2D eigenvalue weighted by atomic mass is 10.2. The van der Waals surface area contributed by atoms with Crippen molar-refractivity contribution in [2.45, 2.75) is 0 Å². The maximum absolute atomic E-state index is 12.1. The molecule has 0 spiro atoms. The molecular formula is C15H12BrIN2O2S. The first-order valence-electron chi connectivity index (χ1n) is 6.21. The molecule has 0 aliphatic carbocycles. The number of halogens is 2. The molecule has 7 heteroatoms. The lowest BCUT2D eigenvalue weighted by Crippen LogP contribution is -2.34. The van der Waals surface area contributed by atoms with Gasteiger partial charge in [-0.1, -0.05) is 22.0 Å². The molecule has 0 saturated heterocycles. The van der Waals surface area contributed by atoms with Crippen LogP contribution in [0.1, 0.15) is 10.4 Å². The molecule has 0 fully saturated rings. The Morgan fingerprint density at radius 2 is 2.05 bits per heavy atom. The van der Waals surface area contributed by atoms with Gasteiger partial charge in [0.2, 0.25) is 0 Å². The van der Waals surface area contributed by atoms with Gasteiger partial charge in [-0.25, -0.2) is 0 Å². The van der Waals surface area contributed by atoms with Crippen LogP contribution in [0.2, 0.25) is 0 Å². The Morgan fingerprint density at radius 3 is 2.73 bits per heavy atom. The Balaban J connectivity index is 2.03. The molecule has 0 aliphatic rings. The predicted octanol–water partition coefficient (Wildman–Crippen LogP) is 4.19. The van der Waals surface area contributed by atoms with Crippen LogP contribution in [0.3, 0.4) is 0 Å². The van der Waals surface area contributed by atoms with Gasteiger partial charge < -0.3 is 10.1 Å². The zero-order valence-corrected chi connectivity index (χ0v) is 16.1. The summed E-state index contributed by atoms with van der Waals surface area (Å²) in [5, 5.41) is 5.90. The van der Waals surface area contributed by atoms with Crippen molar-refractivity contribution in [3.63, 3.8) is 0 Å². The van der Waals surface area contributed by atoms with E-state index in [1.165, 1.54) is 0 Å². The number of hydrogen-bond donors (Lipinski definition) is 2. The Morgan fingerprint density at radius 1 is 1.27 bits per heavy atom. The number of carbonyl (C=O) groups excluding carboxylic acids is 1. The Bertz CT molecular complexity index is 724. The number of methoxy groups -OCH3 is 1. The average Bonchev–Trinajstić information content (AvgIpc) is 2.50. The Kier molecular flexibility index (Phi) is 6.16. The standard InChI is InChI=1S/C15H12BrIN2O2S/c1-21-11-4-2-3-9(7-11)14(20)19-15(22)18-13-6-5-10(16)8-12(13)17/h2-8H,1H3,(H2,18,19,20,22). The van der Waals surface area contributed by atoms with Crippen molar-refractivity contribution in [3.8, 4) is 5.75 Å². The van der Waals surface area contributed by atoms with E-state index in [0.717, 1.165) is 13.7 Å². The monoisotopic (exact) mass is 490 g/mol. The molecule has 4 nitrogen and oxygen atoms in total. The third-order valence-electron chi connectivity index (χ3n) is 2.74. The van der Waals surface area contributed by atoms with Crippen LogP contribution in [0.25, 0.3) is 0 Å². The second kappa shape index (κ2) is 7.89. The molecule has 2 rings (SSSR count). The zero-order chi connectivity index (χ0) is 16.1. The van der Waals surface area contributed by atoms with E-state index in [4.69, 9.17) is 17.0 Å². The van der Waals surface area contributed by atoms with Crippen LogP contribution in [0, 0.1) is 3.57 Å². The normalized spacial score (nSPS) is 9.95. The number of amides is 1. The second-order valence-electron chi connectivity index (χ2n) is 4.26. The fraction of sp³-hybridized carbons (Fsp3) is 0.0667. The summed E-state index contributed by atoms with van der Waals surface area (Å²) in [5.41, 5.74) is 1.31. The van der Waals surface area contributed by atoms with Crippen LogP contribution in [0.4, 0.5) is 5.69 Å². The summed E-state index contributed by atoms with van der Waals surface area (Å²) in [6.45, 7) is 0. The number of nitrogens with one attached hydrogen (secondary N) is 2. The smallest absolute Gasteiger partial charge is 0.257 e. The minimum absolute atomic E-state index is 0.244. The molecule has 2 aromatic carbocycles. The number of benzene rings is 2. The van der Waals surface area contributed by atoms with Crippen LogP contribution < -0.4 is 15.4 Å². The fourth-order valence-corrected chi connectivity index (χ4v) is 3.33. The van der Waals surface area contributed by atoms with Crippen LogP contribution in [0.15, 0.2) is 46.9 Å². The van der Waals surface area contributed by atoms with Crippen molar-refractivity contribution in [1.82, 2.24) is 5.32 Å². The Hall–Kier alpha value is -1.19. The first-order valence-corrected chi connectivity index (χ1v) is 8.49. The van der Waals surface area contributed by atoms with Gasteiger partial charge in [0.25, 0.3) is 5.91 Å². The van der Waals surface area contributed by atoms with E-state index < -0.39 is 0 Å². The maximum atomic E-state index is 12.1. The average molecular weight is 491 g/mol. The van der Waals surface area contributed by atoms with Gasteiger partial charge >= 0.3 is 0 Å². The van der Waals surface area contributed by atoms with E-state index in [-0.39, 0.29) is 11.0 Å². The van der Waals surface area contributed by atoms with Crippen molar-refractivity contribution >= 4 is 67.4 Å². The molecule has 22 heavy (non-hydrogen) atoms. The van der Waals surface area contributed by atoms with E-state index in [9.17, 15) is 4.79 Å². The molecule has 0 bridgehead atoms.